The van der Waals surface area contributed by atoms with Crippen molar-refractivity contribution in [2.24, 2.45) is 5.84 Å². The minimum atomic E-state index is -0.319. The lowest BCUT2D eigenvalue weighted by Crippen LogP contribution is -2.53. The maximum absolute atomic E-state index is 10.8. The Kier molecular flexibility index (Phi) is 2.65. The quantitative estimate of drug-likeness (QED) is 0.292. The summed E-state index contributed by atoms with van der Waals surface area (Å²) in [7, 11) is 1.55. The first kappa shape index (κ1) is 9.23. The summed E-state index contributed by atoms with van der Waals surface area (Å²) >= 11 is 0. The molecule has 0 saturated carbocycles. The minimum Gasteiger partial charge on any atom is -0.340 e. The number of carbonyl (C=O) groups is 1. The molecule has 0 radical (unpaired) electrons. The summed E-state index contributed by atoms with van der Waals surface area (Å²) in [5.74, 6) is 5.43. The standard InChI is InChI=1S/C6H15N3O/c1-6(2,3)9(7)5(10)8-4/h7H2,1-4H3,(H,8,10). The molecule has 0 unspecified atom stereocenters. The molecule has 10 heavy (non-hydrogen) atoms. The average Bonchev–Trinajstić information content (AvgIpc) is 1.83. The molecular weight excluding hydrogens is 130 g/mol. The Hall–Kier alpha value is -0.770. The van der Waals surface area contributed by atoms with Gasteiger partial charge in [-0.3, -0.25) is 5.01 Å². The molecule has 0 aliphatic rings. The van der Waals surface area contributed by atoms with Crippen LogP contribution in [0.5, 0.6) is 0 Å². The second kappa shape index (κ2) is 2.88. The van der Waals surface area contributed by atoms with Crippen molar-refractivity contribution in [2.75, 3.05) is 7.05 Å². The molecule has 0 aromatic carbocycles. The summed E-state index contributed by atoms with van der Waals surface area (Å²) in [6.07, 6.45) is 0. The van der Waals surface area contributed by atoms with Gasteiger partial charge in [0.25, 0.3) is 0 Å². The molecule has 0 heterocycles. The highest BCUT2D eigenvalue weighted by Crippen LogP contribution is 2.06. The molecule has 0 saturated heterocycles. The van der Waals surface area contributed by atoms with Crippen LogP contribution in [-0.4, -0.2) is 23.6 Å². The van der Waals surface area contributed by atoms with Crippen LogP contribution < -0.4 is 11.2 Å². The van der Waals surface area contributed by atoms with Crippen LogP contribution in [0.1, 0.15) is 20.8 Å². The predicted molar refractivity (Wildman–Crippen MR) is 40.2 cm³/mol. The normalized spacial score (nSPS) is 10.9. The number of urea groups is 1. The minimum absolute atomic E-state index is 0.271. The second-order valence-electron chi connectivity index (χ2n) is 3.10. The highest BCUT2D eigenvalue weighted by molar-refractivity contribution is 5.73. The number of nitrogens with one attached hydrogen (secondary N) is 1. The van der Waals surface area contributed by atoms with E-state index >= 15 is 0 Å². The fraction of sp³-hybridized carbons (Fsp3) is 0.833. The van der Waals surface area contributed by atoms with Gasteiger partial charge in [-0.15, -0.1) is 0 Å². The monoisotopic (exact) mass is 145 g/mol. The van der Waals surface area contributed by atoms with Crippen molar-refractivity contribution in [3.05, 3.63) is 0 Å². The Morgan fingerprint density at radius 2 is 1.90 bits per heavy atom. The summed E-state index contributed by atoms with van der Waals surface area (Å²) in [4.78, 5) is 10.8. The first-order valence-corrected chi connectivity index (χ1v) is 3.16. The molecule has 0 rings (SSSR count). The summed E-state index contributed by atoms with van der Waals surface area (Å²) in [5.41, 5.74) is -0.319. The van der Waals surface area contributed by atoms with Crippen LogP contribution in [0.25, 0.3) is 0 Å². The molecule has 0 fully saturated rings. The van der Waals surface area contributed by atoms with E-state index in [1.165, 1.54) is 0 Å². The van der Waals surface area contributed by atoms with Gasteiger partial charge < -0.3 is 5.32 Å². The number of nitrogens with zero attached hydrogens (tertiary/aromatic N) is 1. The van der Waals surface area contributed by atoms with Crippen molar-refractivity contribution in [1.82, 2.24) is 10.3 Å². The van der Waals surface area contributed by atoms with Crippen molar-refractivity contribution < 1.29 is 4.79 Å². The molecule has 0 aromatic rings. The van der Waals surface area contributed by atoms with Gasteiger partial charge in [0.15, 0.2) is 0 Å². The number of amides is 2. The fourth-order valence-electron chi connectivity index (χ4n) is 0.425. The van der Waals surface area contributed by atoms with Crippen LogP contribution in [0.4, 0.5) is 4.79 Å². The number of hydrogen-bond acceptors (Lipinski definition) is 2. The fourth-order valence-corrected chi connectivity index (χ4v) is 0.425. The van der Waals surface area contributed by atoms with Gasteiger partial charge in [0, 0.05) is 7.05 Å². The van der Waals surface area contributed by atoms with Crippen LogP contribution in [-0.2, 0) is 0 Å². The maximum Gasteiger partial charge on any atom is 0.331 e. The summed E-state index contributed by atoms with van der Waals surface area (Å²) < 4.78 is 0. The van der Waals surface area contributed by atoms with Gasteiger partial charge in [-0.2, -0.15) is 0 Å². The third kappa shape index (κ3) is 2.23. The van der Waals surface area contributed by atoms with Crippen LogP contribution >= 0.6 is 0 Å². The molecule has 4 nitrogen and oxygen atoms in total. The summed E-state index contributed by atoms with van der Waals surface area (Å²) in [5, 5.41) is 3.59. The number of hydrogen-bond donors (Lipinski definition) is 2. The van der Waals surface area contributed by atoms with Gasteiger partial charge in [0.1, 0.15) is 0 Å². The Morgan fingerprint density at radius 3 is 2.00 bits per heavy atom. The van der Waals surface area contributed by atoms with E-state index < -0.39 is 0 Å². The van der Waals surface area contributed by atoms with Crippen molar-refractivity contribution in [3.63, 3.8) is 0 Å². The van der Waals surface area contributed by atoms with Gasteiger partial charge in [-0.25, -0.2) is 10.6 Å². The first-order valence-electron chi connectivity index (χ1n) is 3.16. The molecule has 0 aliphatic carbocycles. The van der Waals surface area contributed by atoms with E-state index in [4.69, 9.17) is 5.84 Å². The highest BCUT2D eigenvalue weighted by Gasteiger charge is 2.21. The number of nitrogens with two attached hydrogens (primary N) is 1. The van der Waals surface area contributed by atoms with E-state index in [1.807, 2.05) is 20.8 Å². The van der Waals surface area contributed by atoms with Crippen LogP contribution in [0, 0.1) is 0 Å². The smallest absolute Gasteiger partial charge is 0.331 e. The lowest BCUT2D eigenvalue weighted by molar-refractivity contribution is 0.148. The molecule has 0 bridgehead atoms. The Morgan fingerprint density at radius 1 is 1.50 bits per heavy atom. The number of rotatable bonds is 0. The van der Waals surface area contributed by atoms with E-state index in [1.54, 1.807) is 7.05 Å². The number of carbonyl (C=O) groups excluding carboxylic acids is 1. The van der Waals surface area contributed by atoms with Crippen molar-refractivity contribution in [3.8, 4) is 0 Å². The molecule has 0 atom stereocenters. The van der Waals surface area contributed by atoms with Crippen LogP contribution in [0.2, 0.25) is 0 Å². The lowest BCUT2D eigenvalue weighted by atomic mass is 10.1. The predicted octanol–water partition coefficient (Wildman–Crippen LogP) is 0.300. The zero-order chi connectivity index (χ0) is 8.36. The van der Waals surface area contributed by atoms with Gasteiger partial charge in [0.05, 0.1) is 5.54 Å². The molecule has 0 aromatic heterocycles. The molecule has 0 spiro atoms. The van der Waals surface area contributed by atoms with Gasteiger partial charge in [-0.1, -0.05) is 0 Å². The zero-order valence-electron chi connectivity index (χ0n) is 6.93. The van der Waals surface area contributed by atoms with Gasteiger partial charge in [-0.05, 0) is 20.8 Å². The van der Waals surface area contributed by atoms with Gasteiger partial charge in [0.2, 0.25) is 0 Å². The summed E-state index contributed by atoms with van der Waals surface area (Å²) in [6, 6.07) is -0.271. The molecule has 2 amide bonds. The molecular formula is C6H15N3O. The number of hydrazine groups is 1. The van der Waals surface area contributed by atoms with Crippen molar-refractivity contribution >= 4 is 6.03 Å². The Bertz CT molecular complexity index is 127. The first-order chi connectivity index (χ1) is 4.39. The van der Waals surface area contributed by atoms with E-state index in [0.717, 1.165) is 5.01 Å². The lowest BCUT2D eigenvalue weighted by Gasteiger charge is -2.30. The van der Waals surface area contributed by atoms with Crippen molar-refractivity contribution in [1.29, 1.82) is 0 Å². The zero-order valence-corrected chi connectivity index (χ0v) is 6.93. The summed E-state index contributed by atoms with van der Waals surface area (Å²) in [6.45, 7) is 5.59. The molecule has 4 heteroatoms. The largest absolute Gasteiger partial charge is 0.340 e. The van der Waals surface area contributed by atoms with Crippen molar-refractivity contribution in [2.45, 2.75) is 26.3 Å². The topological polar surface area (TPSA) is 58.4 Å². The van der Waals surface area contributed by atoms with E-state index in [2.05, 4.69) is 5.32 Å². The second-order valence-corrected chi connectivity index (χ2v) is 3.10. The Balaban J connectivity index is 4.08. The highest BCUT2D eigenvalue weighted by atomic mass is 16.2. The third-order valence-corrected chi connectivity index (χ3v) is 1.16. The average molecular weight is 145 g/mol. The maximum atomic E-state index is 10.8. The van der Waals surface area contributed by atoms with E-state index in [9.17, 15) is 4.79 Å². The molecule has 0 aliphatic heterocycles. The van der Waals surface area contributed by atoms with E-state index in [-0.39, 0.29) is 11.6 Å². The molecule has 3 N–H and O–H groups in total. The van der Waals surface area contributed by atoms with Crippen LogP contribution in [0.3, 0.4) is 0 Å². The van der Waals surface area contributed by atoms with E-state index in [0.29, 0.717) is 0 Å². The SMILES string of the molecule is CNC(=O)N(N)C(C)(C)C. The van der Waals surface area contributed by atoms with Crippen LogP contribution in [0.15, 0.2) is 0 Å². The Labute approximate surface area is 61.3 Å². The third-order valence-electron chi connectivity index (χ3n) is 1.16. The van der Waals surface area contributed by atoms with Gasteiger partial charge >= 0.3 is 6.03 Å². The molecule has 60 valence electrons.